The Hall–Kier alpha value is -2.41. The van der Waals surface area contributed by atoms with E-state index in [0.29, 0.717) is 13.2 Å². The predicted molar refractivity (Wildman–Crippen MR) is 90.8 cm³/mol. The zero-order chi connectivity index (χ0) is 18.5. The van der Waals surface area contributed by atoms with E-state index in [0.717, 1.165) is 11.1 Å². The van der Waals surface area contributed by atoms with Crippen LogP contribution in [0.1, 0.15) is 31.9 Å². The molecule has 1 heterocycles. The lowest BCUT2D eigenvalue weighted by molar-refractivity contribution is -0.694. The van der Waals surface area contributed by atoms with Crippen molar-refractivity contribution in [3.05, 3.63) is 35.4 Å². The molecule has 3 N–H and O–H groups in total. The minimum absolute atomic E-state index is 0.224. The van der Waals surface area contributed by atoms with Gasteiger partial charge in [0.25, 0.3) is 5.84 Å². The largest absolute Gasteiger partial charge is 0.343 e. The Morgan fingerprint density at radius 2 is 1.64 bits per heavy atom. The minimum Gasteiger partial charge on any atom is -0.314 e. The maximum absolute atomic E-state index is 10.3. The fourth-order valence-corrected chi connectivity index (χ4v) is 4.71. The lowest BCUT2D eigenvalue weighted by Crippen LogP contribution is -2.91. The second kappa shape index (κ2) is 5.29. The Bertz CT molecular complexity index is 813. The van der Waals surface area contributed by atoms with Crippen molar-refractivity contribution in [3.8, 4) is 12.1 Å². The number of ether oxygens (including phenoxy) is 2. The molecule has 3 atom stereocenters. The quantitative estimate of drug-likeness (QED) is 0.758. The lowest BCUT2D eigenvalue weighted by Gasteiger charge is -2.32. The Labute approximate surface area is 147 Å². The third-order valence-electron chi connectivity index (χ3n) is 5.86. The van der Waals surface area contributed by atoms with Crippen LogP contribution in [0.5, 0.6) is 0 Å². The Balaban J connectivity index is 2.30. The number of nitrogens with one attached hydrogen (secondary N) is 1. The fraction of sp³-hybridized carbons (Fsp3) is 0.526. The molecular formula is C19H23N4O2+. The highest BCUT2D eigenvalue weighted by Gasteiger charge is 3.03. The molecule has 3 rings (SSSR count). The summed E-state index contributed by atoms with van der Waals surface area (Å²) in [6.45, 7) is 8.16. The number of rotatable bonds is 5. The summed E-state index contributed by atoms with van der Waals surface area (Å²) in [6, 6.07) is 12.5. The molecule has 0 bridgehead atoms. The van der Waals surface area contributed by atoms with Gasteiger partial charge in [-0.15, -0.1) is 0 Å². The van der Waals surface area contributed by atoms with Gasteiger partial charge in [-0.2, -0.15) is 10.5 Å². The van der Waals surface area contributed by atoms with Gasteiger partial charge >= 0.3 is 5.91 Å². The van der Waals surface area contributed by atoms with E-state index in [1.165, 1.54) is 0 Å². The molecule has 0 unspecified atom stereocenters. The standard InChI is InChI=1S/C19H22N4O2/c1-5-24-19(25-6-2)18(12-21)16(4,14-9-7-13(3)8-10-14)17(18,11-20)15(22)23-19/h7-10H,5-6H2,1-4H3,(H2,22,23)/p+1/t16-,17-,18+/m0/s1. The summed E-state index contributed by atoms with van der Waals surface area (Å²) in [7, 11) is 0. The minimum atomic E-state index is -1.45. The molecular weight excluding hydrogens is 316 g/mol. The Morgan fingerprint density at radius 3 is 2.08 bits per heavy atom. The Morgan fingerprint density at radius 1 is 1.08 bits per heavy atom. The van der Waals surface area contributed by atoms with Crippen LogP contribution in [0.4, 0.5) is 0 Å². The van der Waals surface area contributed by atoms with Gasteiger partial charge in [-0.3, -0.25) is 5.73 Å². The van der Waals surface area contributed by atoms with Crippen molar-refractivity contribution in [2.45, 2.75) is 39.0 Å². The van der Waals surface area contributed by atoms with Crippen LogP contribution in [-0.4, -0.2) is 25.0 Å². The first kappa shape index (κ1) is 17.4. The first-order valence-corrected chi connectivity index (χ1v) is 8.46. The van der Waals surface area contributed by atoms with Crippen LogP contribution in [0, 0.1) is 40.4 Å². The highest BCUT2D eigenvalue weighted by atomic mass is 16.7. The summed E-state index contributed by atoms with van der Waals surface area (Å²) in [6.07, 6.45) is 0. The molecule has 1 fully saturated rings. The summed E-state index contributed by atoms with van der Waals surface area (Å²) in [4.78, 5) is 2.99. The molecule has 1 aromatic rings. The molecule has 25 heavy (non-hydrogen) atoms. The number of amidine groups is 1. The van der Waals surface area contributed by atoms with Crippen LogP contribution in [0.3, 0.4) is 0 Å². The summed E-state index contributed by atoms with van der Waals surface area (Å²) < 4.78 is 11.8. The van der Waals surface area contributed by atoms with Gasteiger partial charge in [-0.1, -0.05) is 36.8 Å². The average Bonchev–Trinajstić information content (AvgIpc) is 3.01. The lowest BCUT2D eigenvalue weighted by atomic mass is 9.84. The maximum atomic E-state index is 10.3. The van der Waals surface area contributed by atoms with E-state index in [9.17, 15) is 10.5 Å². The number of benzene rings is 1. The molecule has 2 aliphatic rings. The molecule has 0 aromatic heterocycles. The summed E-state index contributed by atoms with van der Waals surface area (Å²) in [5.41, 5.74) is 4.89. The number of aryl methyl sites for hydroxylation is 1. The third-order valence-corrected chi connectivity index (χ3v) is 5.86. The number of nitriles is 2. The zero-order valence-corrected chi connectivity index (χ0v) is 15.0. The normalized spacial score (nSPS) is 34.6. The van der Waals surface area contributed by atoms with E-state index in [1.54, 1.807) is 0 Å². The average molecular weight is 339 g/mol. The first-order valence-electron chi connectivity index (χ1n) is 8.46. The van der Waals surface area contributed by atoms with E-state index in [4.69, 9.17) is 15.2 Å². The van der Waals surface area contributed by atoms with Gasteiger partial charge in [0.1, 0.15) is 0 Å². The molecule has 0 amide bonds. The van der Waals surface area contributed by atoms with Crippen molar-refractivity contribution < 1.29 is 14.5 Å². The van der Waals surface area contributed by atoms with Crippen molar-refractivity contribution in [1.29, 1.82) is 10.5 Å². The van der Waals surface area contributed by atoms with Gasteiger partial charge < -0.3 is 9.47 Å². The first-order chi connectivity index (χ1) is 11.9. The van der Waals surface area contributed by atoms with E-state index < -0.39 is 22.2 Å². The fourth-order valence-electron chi connectivity index (χ4n) is 4.71. The van der Waals surface area contributed by atoms with Gasteiger partial charge in [-0.05, 0) is 26.3 Å². The summed E-state index contributed by atoms with van der Waals surface area (Å²) >= 11 is 0. The summed E-state index contributed by atoms with van der Waals surface area (Å²) in [5.74, 6) is -1.23. The molecule has 0 spiro atoms. The number of hydrogen-bond acceptors (Lipinski definition) is 5. The smallest absolute Gasteiger partial charge is 0.314 e. The molecule has 6 heteroatoms. The van der Waals surface area contributed by atoms with Crippen LogP contribution in [0.2, 0.25) is 0 Å². The summed E-state index contributed by atoms with van der Waals surface area (Å²) in [5, 5.41) is 20.4. The number of nitrogens with two attached hydrogens (primary N) is 1. The van der Waals surface area contributed by atoms with Gasteiger partial charge in [0.05, 0.1) is 30.8 Å². The van der Waals surface area contributed by atoms with E-state index in [-0.39, 0.29) is 5.84 Å². The van der Waals surface area contributed by atoms with E-state index in [1.807, 2.05) is 52.0 Å². The number of hydrogen-bond donors (Lipinski definition) is 2. The molecule has 0 radical (unpaired) electrons. The zero-order valence-electron chi connectivity index (χ0n) is 15.0. The van der Waals surface area contributed by atoms with Crippen LogP contribution in [0.15, 0.2) is 24.3 Å². The van der Waals surface area contributed by atoms with E-state index in [2.05, 4.69) is 17.1 Å². The topological polar surface area (TPSA) is 106 Å². The van der Waals surface area contributed by atoms with Crippen LogP contribution >= 0.6 is 0 Å². The monoisotopic (exact) mass is 339 g/mol. The molecule has 1 aliphatic carbocycles. The van der Waals surface area contributed by atoms with Gasteiger partial charge in [0, 0.05) is 0 Å². The van der Waals surface area contributed by atoms with Crippen LogP contribution in [0.25, 0.3) is 0 Å². The number of nitrogens with zero attached hydrogens (tertiary/aromatic N) is 2. The van der Waals surface area contributed by atoms with Gasteiger partial charge in [0.2, 0.25) is 0 Å². The Kier molecular flexibility index (Phi) is 3.69. The highest BCUT2D eigenvalue weighted by Crippen LogP contribution is 2.82. The predicted octanol–water partition coefficient (Wildman–Crippen LogP) is 0.464. The molecule has 1 saturated carbocycles. The van der Waals surface area contributed by atoms with Crippen molar-refractivity contribution in [1.82, 2.24) is 0 Å². The molecule has 1 aliphatic heterocycles. The second-order valence-corrected chi connectivity index (χ2v) is 6.74. The third kappa shape index (κ3) is 1.57. The van der Waals surface area contributed by atoms with Crippen molar-refractivity contribution >= 4 is 5.84 Å². The van der Waals surface area contributed by atoms with Crippen molar-refractivity contribution in [2.24, 2.45) is 16.6 Å². The SMILES string of the molecule is CCOC1(OCC)[NH+]=C(N)[C@@]2(C#N)[C@](C)(c3ccc(C)cc3)[C@@]12C#N. The van der Waals surface area contributed by atoms with Crippen molar-refractivity contribution in [2.75, 3.05) is 13.2 Å². The van der Waals surface area contributed by atoms with Gasteiger partial charge in [-0.25, -0.2) is 4.99 Å². The van der Waals surface area contributed by atoms with Crippen LogP contribution < -0.4 is 10.7 Å². The maximum Gasteiger partial charge on any atom is 0.343 e. The molecule has 6 nitrogen and oxygen atoms in total. The molecule has 1 aromatic carbocycles. The highest BCUT2D eigenvalue weighted by molar-refractivity contribution is 5.97. The van der Waals surface area contributed by atoms with Crippen molar-refractivity contribution in [3.63, 3.8) is 0 Å². The second-order valence-electron chi connectivity index (χ2n) is 6.74. The number of fused-ring (bicyclic) bond motifs is 1. The molecule has 0 saturated heterocycles. The van der Waals surface area contributed by atoms with Crippen LogP contribution in [-0.2, 0) is 14.9 Å². The van der Waals surface area contributed by atoms with E-state index >= 15 is 0 Å². The van der Waals surface area contributed by atoms with Gasteiger partial charge in [0.15, 0.2) is 10.8 Å². The molecule has 130 valence electrons.